The van der Waals surface area contributed by atoms with Crippen LogP contribution in [0.15, 0.2) is 0 Å². The number of aromatic nitrogens is 1. The number of methoxy groups -OCH3 is 1. The van der Waals surface area contributed by atoms with E-state index in [1.807, 2.05) is 18.4 Å². The summed E-state index contributed by atoms with van der Waals surface area (Å²) in [6, 6.07) is -0.631. The zero-order valence-corrected chi connectivity index (χ0v) is 19.2. The molecular weight excluding hydrogens is 384 g/mol. The fraction of sp³-hybridized carbons (Fsp3) is 0.696. The highest BCUT2D eigenvalue weighted by Crippen LogP contribution is 2.29. The molecule has 7 nitrogen and oxygen atoms in total. The van der Waals surface area contributed by atoms with Gasteiger partial charge in [-0.2, -0.15) is 0 Å². The number of ketones is 1. The fourth-order valence-electron chi connectivity index (χ4n) is 4.56. The first-order valence-corrected chi connectivity index (χ1v) is 11.0. The van der Waals surface area contributed by atoms with Crippen LogP contribution >= 0.6 is 0 Å². The number of esters is 1. The number of Topliss-reactive ketones (excluding diaryl/α,β-unsaturated/α-hetero) is 1. The van der Waals surface area contributed by atoms with E-state index in [-0.39, 0.29) is 24.2 Å². The largest absolute Gasteiger partial charge is 0.461 e. The molecule has 1 aliphatic carbocycles. The molecule has 1 saturated carbocycles. The molecule has 7 heteroatoms. The second kappa shape index (κ2) is 10.8. The van der Waals surface area contributed by atoms with Crippen molar-refractivity contribution in [3.05, 3.63) is 22.5 Å². The molecule has 1 amide bonds. The van der Waals surface area contributed by atoms with E-state index >= 15 is 0 Å². The molecule has 0 N–H and O–H groups in total. The third-order valence-electron chi connectivity index (χ3n) is 6.17. The molecule has 1 aliphatic rings. The lowest BCUT2D eigenvalue weighted by molar-refractivity contribution is -0.137. The van der Waals surface area contributed by atoms with Gasteiger partial charge in [0.15, 0.2) is 5.78 Å². The SMILES string of the molecule is CCOC(=O)c1c(C)c(C(=O)C(C)N(CCOC)C(=O)C2CCCC2)c(C)n1CC. The van der Waals surface area contributed by atoms with Crippen LogP contribution in [0.1, 0.15) is 78.6 Å². The quantitative estimate of drug-likeness (QED) is 0.427. The van der Waals surface area contributed by atoms with Gasteiger partial charge in [0.2, 0.25) is 5.91 Å². The molecule has 168 valence electrons. The first-order valence-electron chi connectivity index (χ1n) is 11.0. The van der Waals surface area contributed by atoms with Gasteiger partial charge < -0.3 is 18.9 Å². The highest BCUT2D eigenvalue weighted by atomic mass is 16.5. The molecule has 1 fully saturated rings. The van der Waals surface area contributed by atoms with Crippen LogP contribution in [0.4, 0.5) is 0 Å². The van der Waals surface area contributed by atoms with E-state index in [2.05, 4.69) is 0 Å². The molecule has 1 aromatic rings. The summed E-state index contributed by atoms with van der Waals surface area (Å²) in [4.78, 5) is 40.9. The Morgan fingerprint density at radius 2 is 1.80 bits per heavy atom. The van der Waals surface area contributed by atoms with Gasteiger partial charge in [0.25, 0.3) is 0 Å². The molecule has 0 radical (unpaired) electrons. The second-order valence-electron chi connectivity index (χ2n) is 7.94. The molecule has 1 atom stereocenters. The first kappa shape index (κ1) is 24.1. The minimum absolute atomic E-state index is 0.0189. The minimum atomic E-state index is -0.631. The molecule has 1 heterocycles. The second-order valence-corrected chi connectivity index (χ2v) is 7.94. The summed E-state index contributed by atoms with van der Waals surface area (Å²) in [5.74, 6) is -0.564. The average Bonchev–Trinajstić information content (AvgIpc) is 3.34. The standard InChI is InChI=1S/C23H36N2O5/c1-7-24-16(4)19(15(3)20(24)23(28)30-8-2)21(26)17(5)25(13-14-29-6)22(27)18-11-9-10-12-18/h17-18H,7-14H2,1-6H3. The van der Waals surface area contributed by atoms with Crippen LogP contribution in [0.3, 0.4) is 0 Å². The van der Waals surface area contributed by atoms with Gasteiger partial charge in [-0.15, -0.1) is 0 Å². The summed E-state index contributed by atoms with van der Waals surface area (Å²) < 4.78 is 12.2. The van der Waals surface area contributed by atoms with Crippen LogP contribution in [-0.4, -0.2) is 60.0 Å². The Hall–Kier alpha value is -2.15. The van der Waals surface area contributed by atoms with Crippen LogP contribution in [-0.2, 0) is 20.8 Å². The maximum Gasteiger partial charge on any atom is 0.355 e. The maximum absolute atomic E-state index is 13.6. The van der Waals surface area contributed by atoms with E-state index in [1.165, 1.54) is 0 Å². The van der Waals surface area contributed by atoms with Gasteiger partial charge in [0.05, 0.1) is 19.3 Å². The molecule has 1 unspecified atom stereocenters. The van der Waals surface area contributed by atoms with E-state index < -0.39 is 12.0 Å². The average molecular weight is 421 g/mol. The maximum atomic E-state index is 13.6. The third kappa shape index (κ3) is 4.77. The Labute approximate surface area is 179 Å². The van der Waals surface area contributed by atoms with Gasteiger partial charge in [-0.25, -0.2) is 4.79 Å². The first-order chi connectivity index (χ1) is 14.3. The number of carbonyl (C=O) groups is 3. The predicted molar refractivity (Wildman–Crippen MR) is 115 cm³/mol. The summed E-state index contributed by atoms with van der Waals surface area (Å²) in [5.41, 5.74) is 2.27. The molecule has 0 aliphatic heterocycles. The summed E-state index contributed by atoms with van der Waals surface area (Å²) in [7, 11) is 1.59. The van der Waals surface area contributed by atoms with E-state index in [0.29, 0.717) is 36.5 Å². The number of hydrogen-bond acceptors (Lipinski definition) is 5. The number of ether oxygens (including phenoxy) is 2. The van der Waals surface area contributed by atoms with Gasteiger partial charge in [0.1, 0.15) is 5.69 Å². The highest BCUT2D eigenvalue weighted by Gasteiger charge is 2.35. The Morgan fingerprint density at radius 1 is 1.17 bits per heavy atom. The van der Waals surface area contributed by atoms with Crippen molar-refractivity contribution >= 4 is 17.7 Å². The van der Waals surface area contributed by atoms with Crippen molar-refractivity contribution in [2.45, 2.75) is 72.9 Å². The number of amides is 1. The Morgan fingerprint density at radius 3 is 2.33 bits per heavy atom. The predicted octanol–water partition coefficient (Wildman–Crippen LogP) is 3.54. The molecule has 0 spiro atoms. The van der Waals surface area contributed by atoms with E-state index in [4.69, 9.17) is 9.47 Å². The lowest BCUT2D eigenvalue weighted by Gasteiger charge is -2.30. The summed E-state index contributed by atoms with van der Waals surface area (Å²) in [5, 5.41) is 0. The highest BCUT2D eigenvalue weighted by molar-refractivity contribution is 6.06. The summed E-state index contributed by atoms with van der Waals surface area (Å²) >= 11 is 0. The van der Waals surface area contributed by atoms with Crippen LogP contribution < -0.4 is 0 Å². The molecule has 0 aromatic carbocycles. The van der Waals surface area contributed by atoms with Crippen molar-refractivity contribution < 1.29 is 23.9 Å². The lowest BCUT2D eigenvalue weighted by Crippen LogP contribution is -2.47. The van der Waals surface area contributed by atoms with E-state index in [0.717, 1.165) is 31.4 Å². The lowest BCUT2D eigenvalue weighted by atomic mass is 9.98. The normalized spacial score (nSPS) is 15.3. The topological polar surface area (TPSA) is 77.8 Å². The molecular formula is C23H36N2O5. The van der Waals surface area contributed by atoms with Gasteiger partial charge in [-0.05, 0) is 53.0 Å². The molecule has 1 aromatic heterocycles. The third-order valence-corrected chi connectivity index (χ3v) is 6.17. The van der Waals surface area contributed by atoms with E-state index in [1.54, 1.807) is 32.8 Å². The van der Waals surface area contributed by atoms with Crippen molar-refractivity contribution in [1.29, 1.82) is 0 Å². The van der Waals surface area contributed by atoms with Crippen LogP contribution in [0.5, 0.6) is 0 Å². The minimum Gasteiger partial charge on any atom is -0.461 e. The Bertz CT molecular complexity index is 777. The van der Waals surface area contributed by atoms with Crippen molar-refractivity contribution in [3.8, 4) is 0 Å². The summed E-state index contributed by atoms with van der Waals surface area (Å²) in [6.45, 7) is 10.7. The molecule has 2 rings (SSSR count). The molecule has 0 bridgehead atoms. The van der Waals surface area contributed by atoms with E-state index in [9.17, 15) is 14.4 Å². The van der Waals surface area contributed by atoms with Crippen molar-refractivity contribution in [2.75, 3.05) is 26.9 Å². The fourth-order valence-corrected chi connectivity index (χ4v) is 4.56. The zero-order chi connectivity index (χ0) is 22.4. The van der Waals surface area contributed by atoms with Crippen molar-refractivity contribution in [3.63, 3.8) is 0 Å². The number of carbonyl (C=O) groups excluding carboxylic acids is 3. The van der Waals surface area contributed by atoms with Crippen molar-refractivity contribution in [1.82, 2.24) is 9.47 Å². The number of nitrogens with zero attached hydrogens (tertiary/aromatic N) is 2. The smallest absolute Gasteiger partial charge is 0.355 e. The molecule has 30 heavy (non-hydrogen) atoms. The Balaban J connectivity index is 2.40. The van der Waals surface area contributed by atoms with Gasteiger partial charge in [0, 0.05) is 37.4 Å². The number of rotatable bonds is 10. The van der Waals surface area contributed by atoms with Gasteiger partial charge >= 0.3 is 5.97 Å². The van der Waals surface area contributed by atoms with Crippen molar-refractivity contribution in [2.24, 2.45) is 5.92 Å². The Kier molecular flexibility index (Phi) is 8.65. The van der Waals surface area contributed by atoms with Gasteiger partial charge in [-0.3, -0.25) is 9.59 Å². The summed E-state index contributed by atoms with van der Waals surface area (Å²) in [6.07, 6.45) is 3.86. The number of hydrogen-bond donors (Lipinski definition) is 0. The van der Waals surface area contributed by atoms with Crippen LogP contribution in [0.25, 0.3) is 0 Å². The molecule has 0 saturated heterocycles. The van der Waals surface area contributed by atoms with Gasteiger partial charge in [-0.1, -0.05) is 12.8 Å². The zero-order valence-electron chi connectivity index (χ0n) is 19.2. The monoisotopic (exact) mass is 420 g/mol. The van der Waals surface area contributed by atoms with Crippen LogP contribution in [0, 0.1) is 19.8 Å². The van der Waals surface area contributed by atoms with Crippen LogP contribution in [0.2, 0.25) is 0 Å².